The van der Waals surface area contributed by atoms with Gasteiger partial charge in [-0.3, -0.25) is 4.79 Å². The molecule has 0 aliphatic carbocycles. The summed E-state index contributed by atoms with van der Waals surface area (Å²) in [4.78, 5) is 28.0. The molecule has 0 fully saturated rings. The highest BCUT2D eigenvalue weighted by Gasteiger charge is 2.13. The van der Waals surface area contributed by atoms with Crippen LogP contribution in [0, 0.1) is 13.8 Å². The molecule has 1 amide bonds. The van der Waals surface area contributed by atoms with E-state index in [1.54, 1.807) is 18.2 Å². The van der Waals surface area contributed by atoms with Gasteiger partial charge in [-0.1, -0.05) is 18.2 Å². The number of aromatic nitrogens is 1. The summed E-state index contributed by atoms with van der Waals surface area (Å²) in [6.45, 7) is 3.45. The number of esters is 1. The second-order valence-electron chi connectivity index (χ2n) is 5.43. The highest BCUT2D eigenvalue weighted by atomic mass is 16.5. The molecule has 0 aliphatic heterocycles. The molecule has 1 aromatic heterocycles. The minimum absolute atomic E-state index is 0.316. The summed E-state index contributed by atoms with van der Waals surface area (Å²) in [6, 6.07) is 10.5. The predicted molar refractivity (Wildman–Crippen MR) is 88.8 cm³/mol. The third-order valence-corrected chi connectivity index (χ3v) is 3.65. The second-order valence-corrected chi connectivity index (χ2v) is 5.43. The van der Waals surface area contributed by atoms with Gasteiger partial charge in [0.15, 0.2) is 18.6 Å². The molecular formula is C18H16N2O4. The fourth-order valence-electron chi connectivity index (χ4n) is 2.39. The number of fused-ring (bicyclic) bond motifs is 1. The lowest BCUT2D eigenvalue weighted by Crippen LogP contribution is -2.21. The number of anilines is 1. The standard InChI is InChI=1S/C18H16N2O4/c1-11-4-3-5-12(2)17(11)20-16(21)9-23-18(22)13-6-7-15-14(8-13)19-10-24-15/h3-8,10H,9H2,1-2H3,(H,20,21). The van der Waals surface area contributed by atoms with Crippen molar-refractivity contribution in [2.75, 3.05) is 11.9 Å². The zero-order chi connectivity index (χ0) is 17.1. The summed E-state index contributed by atoms with van der Waals surface area (Å²) in [7, 11) is 0. The number of nitrogens with zero attached hydrogens (tertiary/aromatic N) is 1. The van der Waals surface area contributed by atoms with E-state index in [0.29, 0.717) is 16.7 Å². The first-order chi connectivity index (χ1) is 11.5. The molecule has 0 saturated carbocycles. The number of nitrogens with one attached hydrogen (secondary N) is 1. The number of benzene rings is 2. The Morgan fingerprint density at radius 1 is 1.17 bits per heavy atom. The Hall–Kier alpha value is -3.15. The maximum absolute atomic E-state index is 12.0. The van der Waals surface area contributed by atoms with Crippen LogP contribution in [0.3, 0.4) is 0 Å². The van der Waals surface area contributed by atoms with Gasteiger partial charge < -0.3 is 14.5 Å². The van der Waals surface area contributed by atoms with Crippen LogP contribution in [-0.4, -0.2) is 23.5 Å². The molecule has 0 unspecified atom stereocenters. The first-order valence-electron chi connectivity index (χ1n) is 7.41. The van der Waals surface area contributed by atoms with Crippen molar-refractivity contribution in [2.45, 2.75) is 13.8 Å². The van der Waals surface area contributed by atoms with Crippen molar-refractivity contribution in [1.82, 2.24) is 4.98 Å². The minimum atomic E-state index is -0.587. The number of carbonyl (C=O) groups is 2. The summed E-state index contributed by atoms with van der Waals surface area (Å²) in [6.07, 6.45) is 1.30. The number of para-hydroxylation sites is 1. The molecular weight excluding hydrogens is 308 g/mol. The zero-order valence-corrected chi connectivity index (χ0v) is 13.3. The normalized spacial score (nSPS) is 10.6. The lowest BCUT2D eigenvalue weighted by atomic mass is 10.1. The monoisotopic (exact) mass is 324 g/mol. The van der Waals surface area contributed by atoms with Crippen LogP contribution in [0.25, 0.3) is 11.1 Å². The number of hydrogen-bond donors (Lipinski definition) is 1. The van der Waals surface area contributed by atoms with Gasteiger partial charge in [0.05, 0.1) is 5.56 Å². The van der Waals surface area contributed by atoms with Gasteiger partial charge in [-0.2, -0.15) is 0 Å². The summed E-state index contributed by atoms with van der Waals surface area (Å²) in [5.41, 5.74) is 4.10. The van der Waals surface area contributed by atoms with Crippen LogP contribution in [0.4, 0.5) is 5.69 Å². The van der Waals surface area contributed by atoms with Crippen molar-refractivity contribution in [3.05, 3.63) is 59.5 Å². The van der Waals surface area contributed by atoms with Gasteiger partial charge in [0, 0.05) is 5.69 Å². The van der Waals surface area contributed by atoms with Crippen LogP contribution >= 0.6 is 0 Å². The Morgan fingerprint density at radius 3 is 2.67 bits per heavy atom. The van der Waals surface area contributed by atoms with E-state index in [0.717, 1.165) is 16.8 Å². The molecule has 2 aromatic carbocycles. The van der Waals surface area contributed by atoms with Crippen LogP contribution < -0.4 is 5.32 Å². The molecule has 24 heavy (non-hydrogen) atoms. The van der Waals surface area contributed by atoms with Crippen molar-refractivity contribution in [3.8, 4) is 0 Å². The number of hydrogen-bond acceptors (Lipinski definition) is 5. The molecule has 0 saturated heterocycles. The average molecular weight is 324 g/mol. The van der Waals surface area contributed by atoms with Crippen LogP contribution in [-0.2, 0) is 9.53 Å². The molecule has 122 valence electrons. The Kier molecular flexibility index (Phi) is 4.29. The Bertz CT molecular complexity index is 894. The Morgan fingerprint density at radius 2 is 1.92 bits per heavy atom. The first kappa shape index (κ1) is 15.7. The number of oxazole rings is 1. The maximum atomic E-state index is 12.0. The third kappa shape index (κ3) is 3.27. The van der Waals surface area contributed by atoms with E-state index in [1.807, 2.05) is 32.0 Å². The van der Waals surface area contributed by atoms with Gasteiger partial charge in [0.25, 0.3) is 5.91 Å². The Balaban J connectivity index is 1.62. The predicted octanol–water partition coefficient (Wildman–Crippen LogP) is 3.24. The zero-order valence-electron chi connectivity index (χ0n) is 13.3. The van der Waals surface area contributed by atoms with Crippen LogP contribution in [0.2, 0.25) is 0 Å². The molecule has 3 aromatic rings. The van der Waals surface area contributed by atoms with E-state index in [-0.39, 0.29) is 12.5 Å². The van der Waals surface area contributed by atoms with E-state index >= 15 is 0 Å². The smallest absolute Gasteiger partial charge is 0.338 e. The molecule has 6 heteroatoms. The molecule has 6 nitrogen and oxygen atoms in total. The summed E-state index contributed by atoms with van der Waals surface area (Å²) < 4.78 is 10.2. The number of rotatable bonds is 4. The van der Waals surface area contributed by atoms with Crippen molar-refractivity contribution in [1.29, 1.82) is 0 Å². The molecule has 0 spiro atoms. The fraction of sp³-hybridized carbons (Fsp3) is 0.167. The molecule has 0 bridgehead atoms. The first-order valence-corrected chi connectivity index (χ1v) is 7.41. The third-order valence-electron chi connectivity index (χ3n) is 3.65. The topological polar surface area (TPSA) is 81.4 Å². The quantitative estimate of drug-likeness (QED) is 0.745. The van der Waals surface area contributed by atoms with E-state index in [9.17, 15) is 9.59 Å². The van der Waals surface area contributed by atoms with E-state index in [4.69, 9.17) is 9.15 Å². The van der Waals surface area contributed by atoms with Gasteiger partial charge in [0.1, 0.15) is 5.52 Å². The van der Waals surface area contributed by atoms with E-state index < -0.39 is 5.97 Å². The Labute approximate surface area is 138 Å². The highest BCUT2D eigenvalue weighted by molar-refractivity contribution is 5.97. The van der Waals surface area contributed by atoms with Crippen molar-refractivity contribution < 1.29 is 18.7 Å². The van der Waals surface area contributed by atoms with Crippen molar-refractivity contribution >= 4 is 28.7 Å². The number of ether oxygens (including phenoxy) is 1. The van der Waals surface area contributed by atoms with Gasteiger partial charge in [-0.25, -0.2) is 9.78 Å². The van der Waals surface area contributed by atoms with Crippen molar-refractivity contribution in [2.24, 2.45) is 0 Å². The minimum Gasteiger partial charge on any atom is -0.452 e. The van der Waals surface area contributed by atoms with Gasteiger partial charge in [0.2, 0.25) is 0 Å². The lowest BCUT2D eigenvalue weighted by Gasteiger charge is -2.11. The molecule has 0 aliphatic rings. The van der Waals surface area contributed by atoms with Gasteiger partial charge in [-0.15, -0.1) is 0 Å². The van der Waals surface area contributed by atoms with E-state index in [2.05, 4.69) is 10.3 Å². The second kappa shape index (κ2) is 6.54. The lowest BCUT2D eigenvalue weighted by molar-refractivity contribution is -0.119. The number of carbonyl (C=O) groups excluding carboxylic acids is 2. The van der Waals surface area contributed by atoms with Gasteiger partial charge >= 0.3 is 5.97 Å². The number of aryl methyl sites for hydroxylation is 2. The fourth-order valence-corrected chi connectivity index (χ4v) is 2.39. The summed E-state index contributed by atoms with van der Waals surface area (Å²) in [5.74, 6) is -0.972. The largest absolute Gasteiger partial charge is 0.452 e. The maximum Gasteiger partial charge on any atom is 0.338 e. The molecule has 0 atom stereocenters. The number of amides is 1. The molecule has 1 heterocycles. The molecule has 0 radical (unpaired) electrons. The molecule has 3 rings (SSSR count). The molecule has 1 N–H and O–H groups in total. The SMILES string of the molecule is Cc1cccc(C)c1NC(=O)COC(=O)c1ccc2ocnc2c1. The van der Waals surface area contributed by atoms with E-state index in [1.165, 1.54) is 6.39 Å². The summed E-state index contributed by atoms with van der Waals surface area (Å²) >= 11 is 0. The highest BCUT2D eigenvalue weighted by Crippen LogP contribution is 2.19. The summed E-state index contributed by atoms with van der Waals surface area (Å²) in [5, 5.41) is 2.77. The van der Waals surface area contributed by atoms with Crippen LogP contribution in [0.15, 0.2) is 47.2 Å². The van der Waals surface area contributed by atoms with Crippen LogP contribution in [0.5, 0.6) is 0 Å². The van der Waals surface area contributed by atoms with Gasteiger partial charge in [-0.05, 0) is 43.2 Å². The van der Waals surface area contributed by atoms with Crippen LogP contribution in [0.1, 0.15) is 21.5 Å². The van der Waals surface area contributed by atoms with Crippen molar-refractivity contribution in [3.63, 3.8) is 0 Å². The average Bonchev–Trinajstić information content (AvgIpc) is 3.03.